The van der Waals surface area contributed by atoms with Crippen molar-refractivity contribution in [2.75, 3.05) is 31.7 Å². The molecule has 0 unspecified atom stereocenters. The molecule has 2 amide bonds. The third-order valence-electron chi connectivity index (χ3n) is 7.12. The monoisotopic (exact) mass is 629 g/mol. The molecule has 3 rings (SSSR count). The molecule has 2 atom stereocenters. The first-order chi connectivity index (χ1) is 21.0. The van der Waals surface area contributed by atoms with E-state index in [1.54, 1.807) is 18.2 Å². The molecule has 1 N–H and O–H groups in total. The summed E-state index contributed by atoms with van der Waals surface area (Å²) in [4.78, 5) is 28.3. The summed E-state index contributed by atoms with van der Waals surface area (Å²) in [5.41, 5.74) is 0.360. The molecule has 0 fully saturated rings. The van der Waals surface area contributed by atoms with E-state index in [0.29, 0.717) is 24.5 Å². The number of ether oxygens (including phenoxy) is 3. The Hall–Kier alpha value is -4.32. The Balaban J connectivity index is 2.09. The Bertz CT molecular complexity index is 1530. The number of amides is 2. The first-order valence-electron chi connectivity index (χ1n) is 14.3. The average Bonchev–Trinajstić information content (AvgIpc) is 3.02. The SMILES string of the molecule is CCOc1ccc(N(CC(=O)N(Cc2ccccc2F)[C@@H](C)C(=O)N[C@@H](C)CC)S(=O)(=O)c2ccc(OC)c(OC)c2)cc1. The fourth-order valence-corrected chi connectivity index (χ4v) is 5.80. The molecule has 0 aliphatic heterocycles. The van der Waals surface area contributed by atoms with Crippen LogP contribution in [0.2, 0.25) is 0 Å². The number of anilines is 1. The standard InChI is InChI=1S/C32H40FN3O7S/c1-7-22(3)34-32(38)23(4)35(20-24-11-9-10-12-28(24)33)31(37)21-36(25-13-15-26(16-14-25)43-8-2)44(39,40)27-17-18-29(41-5)30(19-27)42-6/h9-19,22-23H,7-8,20-21H2,1-6H3,(H,34,38)/t22-,23-/m0/s1. The molecule has 3 aromatic carbocycles. The van der Waals surface area contributed by atoms with E-state index in [0.717, 1.165) is 4.31 Å². The first-order valence-corrected chi connectivity index (χ1v) is 15.7. The Kier molecular flexibility index (Phi) is 12.0. The highest BCUT2D eigenvalue weighted by molar-refractivity contribution is 7.92. The number of hydrogen-bond donors (Lipinski definition) is 1. The predicted molar refractivity (Wildman–Crippen MR) is 166 cm³/mol. The molecule has 238 valence electrons. The summed E-state index contributed by atoms with van der Waals surface area (Å²) < 4.78 is 60.1. The van der Waals surface area contributed by atoms with E-state index in [2.05, 4.69) is 5.32 Å². The second kappa shape index (κ2) is 15.4. The molecule has 0 heterocycles. The molecular weight excluding hydrogens is 589 g/mol. The summed E-state index contributed by atoms with van der Waals surface area (Å²) in [5, 5.41) is 2.85. The van der Waals surface area contributed by atoms with Crippen LogP contribution in [0.1, 0.15) is 39.7 Å². The lowest BCUT2D eigenvalue weighted by molar-refractivity contribution is -0.139. The van der Waals surface area contributed by atoms with Gasteiger partial charge < -0.3 is 24.4 Å². The van der Waals surface area contributed by atoms with E-state index in [-0.39, 0.29) is 34.5 Å². The van der Waals surface area contributed by atoms with Crippen molar-refractivity contribution < 1.29 is 36.6 Å². The van der Waals surface area contributed by atoms with Crippen LogP contribution in [-0.4, -0.2) is 64.6 Å². The summed E-state index contributed by atoms with van der Waals surface area (Å²) in [6.07, 6.45) is 0.662. The Labute approximate surface area is 258 Å². The third kappa shape index (κ3) is 8.19. The van der Waals surface area contributed by atoms with E-state index in [1.807, 2.05) is 20.8 Å². The number of sulfonamides is 1. The zero-order chi connectivity index (χ0) is 32.4. The molecular formula is C32H40FN3O7S. The quantitative estimate of drug-likeness (QED) is 0.258. The van der Waals surface area contributed by atoms with Crippen molar-refractivity contribution in [1.29, 1.82) is 0 Å². The second-order valence-electron chi connectivity index (χ2n) is 10.1. The molecule has 3 aromatic rings. The van der Waals surface area contributed by atoms with Gasteiger partial charge in [-0.05, 0) is 69.7 Å². The maximum absolute atomic E-state index is 14.7. The zero-order valence-corrected chi connectivity index (χ0v) is 26.7. The van der Waals surface area contributed by atoms with Crippen LogP contribution in [0.25, 0.3) is 0 Å². The van der Waals surface area contributed by atoms with Gasteiger partial charge in [0.05, 0.1) is 31.4 Å². The fourth-order valence-electron chi connectivity index (χ4n) is 4.37. The molecule has 0 saturated carbocycles. The van der Waals surface area contributed by atoms with Gasteiger partial charge in [-0.3, -0.25) is 13.9 Å². The molecule has 0 saturated heterocycles. The zero-order valence-electron chi connectivity index (χ0n) is 25.9. The number of hydrogen-bond acceptors (Lipinski definition) is 7. The van der Waals surface area contributed by atoms with E-state index in [9.17, 15) is 22.4 Å². The predicted octanol–water partition coefficient (Wildman–Crippen LogP) is 4.77. The minimum atomic E-state index is -4.38. The lowest BCUT2D eigenvalue weighted by atomic mass is 10.1. The van der Waals surface area contributed by atoms with Crippen LogP contribution < -0.4 is 23.8 Å². The molecule has 0 spiro atoms. The number of carbonyl (C=O) groups excluding carboxylic acids is 2. The average molecular weight is 630 g/mol. The van der Waals surface area contributed by atoms with Gasteiger partial charge in [0.1, 0.15) is 24.2 Å². The van der Waals surface area contributed by atoms with Crippen molar-refractivity contribution >= 4 is 27.5 Å². The summed E-state index contributed by atoms with van der Waals surface area (Å²) in [5.74, 6) is -0.684. The van der Waals surface area contributed by atoms with Crippen LogP contribution in [0.15, 0.2) is 71.6 Å². The summed E-state index contributed by atoms with van der Waals surface area (Å²) in [7, 11) is -1.57. The third-order valence-corrected chi connectivity index (χ3v) is 8.89. The van der Waals surface area contributed by atoms with Crippen molar-refractivity contribution in [2.24, 2.45) is 0 Å². The maximum atomic E-state index is 14.7. The molecule has 0 bridgehead atoms. The Morgan fingerprint density at radius 2 is 1.59 bits per heavy atom. The molecule has 0 aromatic heterocycles. The number of rotatable bonds is 15. The lowest BCUT2D eigenvalue weighted by Gasteiger charge is -2.32. The van der Waals surface area contributed by atoms with E-state index in [1.165, 1.54) is 74.6 Å². The topological polar surface area (TPSA) is 114 Å². The van der Waals surface area contributed by atoms with E-state index in [4.69, 9.17) is 14.2 Å². The van der Waals surface area contributed by atoms with Gasteiger partial charge in [0.25, 0.3) is 10.0 Å². The fraction of sp³-hybridized carbons (Fsp3) is 0.375. The number of nitrogens with zero attached hydrogens (tertiary/aromatic N) is 2. The normalized spacial score (nSPS) is 12.5. The van der Waals surface area contributed by atoms with Gasteiger partial charge in [0.15, 0.2) is 11.5 Å². The van der Waals surface area contributed by atoms with E-state index < -0.39 is 40.2 Å². The highest BCUT2D eigenvalue weighted by atomic mass is 32.2. The van der Waals surface area contributed by atoms with Crippen molar-refractivity contribution in [3.63, 3.8) is 0 Å². The van der Waals surface area contributed by atoms with Crippen LogP contribution in [0, 0.1) is 5.82 Å². The molecule has 44 heavy (non-hydrogen) atoms. The van der Waals surface area contributed by atoms with Crippen LogP contribution in [0.3, 0.4) is 0 Å². The number of benzene rings is 3. The van der Waals surface area contributed by atoms with Crippen LogP contribution in [0.4, 0.5) is 10.1 Å². The van der Waals surface area contributed by atoms with Gasteiger partial charge in [-0.2, -0.15) is 0 Å². The Morgan fingerprint density at radius 3 is 2.18 bits per heavy atom. The number of carbonyl (C=O) groups is 2. The smallest absolute Gasteiger partial charge is 0.264 e. The van der Waals surface area contributed by atoms with Crippen LogP contribution in [0.5, 0.6) is 17.2 Å². The molecule has 0 aliphatic rings. The van der Waals surface area contributed by atoms with E-state index >= 15 is 0 Å². The molecule has 12 heteroatoms. The van der Waals surface area contributed by atoms with Gasteiger partial charge in [0.2, 0.25) is 11.8 Å². The van der Waals surface area contributed by atoms with Crippen molar-refractivity contribution in [3.05, 3.63) is 78.1 Å². The van der Waals surface area contributed by atoms with Crippen molar-refractivity contribution in [1.82, 2.24) is 10.2 Å². The number of nitrogens with one attached hydrogen (secondary N) is 1. The largest absolute Gasteiger partial charge is 0.494 e. The Morgan fingerprint density at radius 1 is 0.932 bits per heavy atom. The maximum Gasteiger partial charge on any atom is 0.264 e. The number of methoxy groups -OCH3 is 2. The van der Waals surface area contributed by atoms with Gasteiger partial charge >= 0.3 is 0 Å². The van der Waals surface area contributed by atoms with Gasteiger partial charge in [0, 0.05) is 24.2 Å². The lowest BCUT2D eigenvalue weighted by Crippen LogP contribution is -2.52. The highest BCUT2D eigenvalue weighted by Gasteiger charge is 2.33. The summed E-state index contributed by atoms with van der Waals surface area (Å²) in [6, 6.07) is 15.1. The minimum absolute atomic E-state index is 0.153. The molecule has 10 nitrogen and oxygen atoms in total. The van der Waals surface area contributed by atoms with Crippen LogP contribution >= 0.6 is 0 Å². The molecule has 0 radical (unpaired) electrons. The second-order valence-corrected chi connectivity index (χ2v) is 11.9. The minimum Gasteiger partial charge on any atom is -0.494 e. The van der Waals surface area contributed by atoms with Gasteiger partial charge in [-0.25, -0.2) is 12.8 Å². The van der Waals surface area contributed by atoms with Crippen LogP contribution in [-0.2, 0) is 26.2 Å². The first kappa shape index (κ1) is 34.2. The van der Waals surface area contributed by atoms with Gasteiger partial charge in [-0.15, -0.1) is 0 Å². The molecule has 0 aliphatic carbocycles. The van der Waals surface area contributed by atoms with Crippen molar-refractivity contribution in [3.8, 4) is 17.2 Å². The highest BCUT2D eigenvalue weighted by Crippen LogP contribution is 2.33. The van der Waals surface area contributed by atoms with Crippen molar-refractivity contribution in [2.45, 2.75) is 57.6 Å². The van der Waals surface area contributed by atoms with Gasteiger partial charge in [-0.1, -0.05) is 25.1 Å². The summed E-state index contributed by atoms with van der Waals surface area (Å²) >= 11 is 0. The number of halogens is 1. The summed E-state index contributed by atoms with van der Waals surface area (Å²) in [6.45, 7) is 6.56.